The van der Waals surface area contributed by atoms with Crippen molar-refractivity contribution in [3.05, 3.63) is 30.1 Å². The van der Waals surface area contributed by atoms with Gasteiger partial charge in [-0.1, -0.05) is 25.5 Å². The number of halogens is 1. The van der Waals surface area contributed by atoms with Gasteiger partial charge in [0.2, 0.25) is 0 Å². The van der Waals surface area contributed by atoms with E-state index in [9.17, 15) is 4.39 Å². The third kappa shape index (κ3) is 2.83. The highest BCUT2D eigenvalue weighted by Crippen LogP contribution is 2.28. The minimum absolute atomic E-state index is 0.135. The summed E-state index contributed by atoms with van der Waals surface area (Å²) in [5.74, 6) is -0.135. The van der Waals surface area contributed by atoms with Crippen molar-refractivity contribution in [2.24, 2.45) is 0 Å². The highest BCUT2D eigenvalue weighted by Gasteiger charge is 2.33. The van der Waals surface area contributed by atoms with E-state index >= 15 is 0 Å². The van der Waals surface area contributed by atoms with Crippen LogP contribution in [0.15, 0.2) is 24.3 Å². The maximum Gasteiger partial charge on any atom is 0.146 e. The Hall–Kier alpha value is -1.09. The molecule has 1 aromatic rings. The molecule has 1 unspecified atom stereocenters. The highest BCUT2D eigenvalue weighted by atomic mass is 19.1. The smallest absolute Gasteiger partial charge is 0.146 e. The van der Waals surface area contributed by atoms with Crippen molar-refractivity contribution < 1.29 is 4.39 Å². The van der Waals surface area contributed by atoms with Crippen molar-refractivity contribution in [2.45, 2.75) is 38.1 Å². The standard InChI is InChI=1S/C15H23FN2/c1-3-9-15(10-6-11-17-15)12-18(2)14-8-5-4-7-13(14)16/h4-5,7-8,17H,3,6,9-12H2,1-2H3. The number of anilines is 1. The molecule has 0 aromatic heterocycles. The third-order valence-electron chi connectivity index (χ3n) is 3.86. The molecule has 3 heteroatoms. The number of benzene rings is 1. The van der Waals surface area contributed by atoms with Crippen LogP contribution >= 0.6 is 0 Å². The van der Waals surface area contributed by atoms with Gasteiger partial charge in [-0.3, -0.25) is 0 Å². The highest BCUT2D eigenvalue weighted by molar-refractivity contribution is 5.47. The van der Waals surface area contributed by atoms with Gasteiger partial charge in [-0.05, 0) is 37.9 Å². The van der Waals surface area contributed by atoms with E-state index in [2.05, 4.69) is 12.2 Å². The zero-order valence-electron chi connectivity index (χ0n) is 11.4. The molecule has 1 aromatic carbocycles. The Labute approximate surface area is 109 Å². The second-order valence-corrected chi connectivity index (χ2v) is 5.37. The van der Waals surface area contributed by atoms with E-state index in [-0.39, 0.29) is 11.4 Å². The van der Waals surface area contributed by atoms with Gasteiger partial charge >= 0.3 is 0 Å². The number of likely N-dealkylation sites (N-methyl/N-ethyl adjacent to an activating group) is 1. The first-order chi connectivity index (χ1) is 8.67. The van der Waals surface area contributed by atoms with Gasteiger partial charge < -0.3 is 10.2 Å². The Balaban J connectivity index is 2.10. The Morgan fingerprint density at radius 1 is 1.39 bits per heavy atom. The van der Waals surface area contributed by atoms with E-state index in [1.165, 1.54) is 18.9 Å². The lowest BCUT2D eigenvalue weighted by Gasteiger charge is -2.35. The van der Waals surface area contributed by atoms with Crippen LogP contribution in [0.25, 0.3) is 0 Å². The molecule has 18 heavy (non-hydrogen) atoms. The number of para-hydroxylation sites is 1. The van der Waals surface area contributed by atoms with Crippen LogP contribution in [-0.2, 0) is 0 Å². The van der Waals surface area contributed by atoms with Crippen LogP contribution in [0.4, 0.5) is 10.1 Å². The number of rotatable bonds is 5. The zero-order valence-corrected chi connectivity index (χ0v) is 11.4. The van der Waals surface area contributed by atoms with Gasteiger partial charge in [-0.15, -0.1) is 0 Å². The molecule has 1 aliphatic rings. The first-order valence-corrected chi connectivity index (χ1v) is 6.87. The molecule has 1 fully saturated rings. The van der Waals surface area contributed by atoms with Crippen LogP contribution in [0.1, 0.15) is 32.6 Å². The van der Waals surface area contributed by atoms with Gasteiger partial charge in [0.05, 0.1) is 5.69 Å². The molecule has 0 spiro atoms. The molecule has 1 aliphatic heterocycles. The second-order valence-electron chi connectivity index (χ2n) is 5.37. The summed E-state index contributed by atoms with van der Waals surface area (Å²) >= 11 is 0. The fraction of sp³-hybridized carbons (Fsp3) is 0.600. The van der Waals surface area contributed by atoms with Crippen molar-refractivity contribution in [1.82, 2.24) is 5.32 Å². The number of nitrogens with one attached hydrogen (secondary N) is 1. The largest absolute Gasteiger partial charge is 0.370 e. The monoisotopic (exact) mass is 250 g/mol. The van der Waals surface area contributed by atoms with Crippen LogP contribution in [0.3, 0.4) is 0 Å². The molecule has 2 rings (SSSR count). The van der Waals surface area contributed by atoms with Crippen LogP contribution in [0, 0.1) is 5.82 Å². The molecule has 100 valence electrons. The molecule has 0 amide bonds. The molecule has 2 nitrogen and oxygen atoms in total. The van der Waals surface area contributed by atoms with Gasteiger partial charge in [-0.25, -0.2) is 4.39 Å². The molecule has 1 atom stereocenters. The van der Waals surface area contributed by atoms with E-state index in [1.54, 1.807) is 6.07 Å². The molecular weight excluding hydrogens is 227 g/mol. The average Bonchev–Trinajstić information content (AvgIpc) is 2.78. The summed E-state index contributed by atoms with van der Waals surface area (Å²) in [5.41, 5.74) is 0.868. The predicted molar refractivity (Wildman–Crippen MR) is 74.5 cm³/mol. The first kappa shape index (κ1) is 13.3. The van der Waals surface area contributed by atoms with Gasteiger partial charge in [0.1, 0.15) is 5.82 Å². The summed E-state index contributed by atoms with van der Waals surface area (Å²) in [4.78, 5) is 2.04. The molecule has 0 aliphatic carbocycles. The minimum Gasteiger partial charge on any atom is -0.370 e. The molecule has 1 N–H and O–H groups in total. The lowest BCUT2D eigenvalue weighted by atomic mass is 9.91. The second kappa shape index (κ2) is 5.70. The summed E-state index contributed by atoms with van der Waals surface area (Å²) in [7, 11) is 1.98. The molecule has 1 heterocycles. The summed E-state index contributed by atoms with van der Waals surface area (Å²) in [5, 5.41) is 3.63. The fourth-order valence-electron chi connectivity index (χ4n) is 3.08. The van der Waals surface area contributed by atoms with Crippen LogP contribution in [0.5, 0.6) is 0 Å². The van der Waals surface area contributed by atoms with Crippen LogP contribution in [-0.4, -0.2) is 25.7 Å². The number of hydrogen-bond acceptors (Lipinski definition) is 2. The van der Waals surface area contributed by atoms with Crippen molar-refractivity contribution in [3.8, 4) is 0 Å². The molecule has 1 saturated heterocycles. The Morgan fingerprint density at radius 3 is 2.78 bits per heavy atom. The quantitative estimate of drug-likeness (QED) is 0.863. The SMILES string of the molecule is CCCC1(CN(C)c2ccccc2F)CCCN1. The normalized spacial score (nSPS) is 23.3. The van der Waals surface area contributed by atoms with E-state index in [1.807, 2.05) is 24.1 Å². The molecular formula is C15H23FN2. The van der Waals surface area contributed by atoms with Crippen molar-refractivity contribution >= 4 is 5.69 Å². The van der Waals surface area contributed by atoms with E-state index in [0.29, 0.717) is 5.69 Å². The topological polar surface area (TPSA) is 15.3 Å². The summed E-state index contributed by atoms with van der Waals surface area (Å²) in [6, 6.07) is 7.01. The molecule has 0 saturated carbocycles. The first-order valence-electron chi connectivity index (χ1n) is 6.87. The summed E-state index contributed by atoms with van der Waals surface area (Å²) < 4.78 is 13.8. The predicted octanol–water partition coefficient (Wildman–Crippen LogP) is 3.18. The average molecular weight is 250 g/mol. The van der Waals surface area contributed by atoms with Gasteiger partial charge in [0.25, 0.3) is 0 Å². The van der Waals surface area contributed by atoms with E-state index < -0.39 is 0 Å². The molecule has 0 radical (unpaired) electrons. The van der Waals surface area contributed by atoms with Crippen LogP contribution in [0.2, 0.25) is 0 Å². The van der Waals surface area contributed by atoms with Crippen LogP contribution < -0.4 is 10.2 Å². The van der Waals surface area contributed by atoms with E-state index in [0.717, 1.165) is 25.9 Å². The van der Waals surface area contributed by atoms with Crippen molar-refractivity contribution in [1.29, 1.82) is 0 Å². The van der Waals surface area contributed by atoms with Crippen molar-refractivity contribution in [3.63, 3.8) is 0 Å². The minimum atomic E-state index is -0.135. The third-order valence-corrected chi connectivity index (χ3v) is 3.86. The number of nitrogens with zero attached hydrogens (tertiary/aromatic N) is 1. The van der Waals surface area contributed by atoms with Gasteiger partial charge in [0.15, 0.2) is 0 Å². The zero-order chi connectivity index (χ0) is 13.0. The van der Waals surface area contributed by atoms with Gasteiger partial charge in [-0.2, -0.15) is 0 Å². The van der Waals surface area contributed by atoms with Crippen molar-refractivity contribution in [2.75, 3.05) is 25.0 Å². The Morgan fingerprint density at radius 2 is 2.17 bits per heavy atom. The lowest BCUT2D eigenvalue weighted by Crippen LogP contribution is -2.49. The summed E-state index contributed by atoms with van der Waals surface area (Å²) in [6.45, 7) is 4.18. The van der Waals surface area contributed by atoms with Gasteiger partial charge in [0, 0.05) is 19.1 Å². The fourth-order valence-corrected chi connectivity index (χ4v) is 3.08. The maximum atomic E-state index is 13.8. The molecule has 0 bridgehead atoms. The summed E-state index contributed by atoms with van der Waals surface area (Å²) in [6.07, 6.45) is 4.74. The maximum absolute atomic E-state index is 13.8. The Kier molecular flexibility index (Phi) is 4.23. The van der Waals surface area contributed by atoms with E-state index in [4.69, 9.17) is 0 Å². The lowest BCUT2D eigenvalue weighted by molar-refractivity contribution is 0.348. The Bertz CT molecular complexity index is 386. The number of hydrogen-bond donors (Lipinski definition) is 1.